The first kappa shape index (κ1) is 27.3. The molecule has 0 bridgehead atoms. The smallest absolute Gasteiger partial charge is 0.406 e. The minimum atomic E-state index is -4.79. The number of benzene rings is 3. The van der Waals surface area contributed by atoms with E-state index in [0.717, 1.165) is 35.6 Å². The monoisotopic (exact) mass is 544 g/mol. The molecule has 1 unspecified atom stereocenters. The van der Waals surface area contributed by atoms with Gasteiger partial charge in [0.25, 0.3) is 0 Å². The number of aliphatic hydroxyl groups excluding tert-OH is 1. The van der Waals surface area contributed by atoms with E-state index in [1.807, 2.05) is 48.2 Å². The van der Waals surface area contributed by atoms with Crippen LogP contribution in [0.5, 0.6) is 5.75 Å². The number of rotatable bonds is 8. The number of morpholine rings is 1. The van der Waals surface area contributed by atoms with Gasteiger partial charge in [0.2, 0.25) is 0 Å². The number of aliphatic hydroxyl groups is 1. The van der Waals surface area contributed by atoms with E-state index in [9.17, 15) is 22.7 Å². The summed E-state index contributed by atoms with van der Waals surface area (Å²) >= 11 is 0. The van der Waals surface area contributed by atoms with Crippen molar-refractivity contribution in [3.63, 3.8) is 0 Å². The fourth-order valence-corrected chi connectivity index (χ4v) is 5.87. The lowest BCUT2D eigenvalue weighted by Crippen LogP contribution is -2.42. The van der Waals surface area contributed by atoms with Gasteiger partial charge in [-0.15, -0.1) is 13.2 Å². The molecule has 39 heavy (non-hydrogen) atoms. The van der Waals surface area contributed by atoms with Gasteiger partial charge in [0, 0.05) is 43.0 Å². The number of alkyl halides is 4. The molecule has 0 aliphatic carbocycles. The van der Waals surface area contributed by atoms with Crippen molar-refractivity contribution in [3.05, 3.63) is 89.5 Å². The molecule has 2 aliphatic heterocycles. The fourth-order valence-electron chi connectivity index (χ4n) is 5.87. The molecule has 1 fully saturated rings. The highest BCUT2D eigenvalue weighted by Crippen LogP contribution is 2.48. The predicted octanol–water partition coefficient (Wildman–Crippen LogP) is 5.49. The minimum Gasteiger partial charge on any atom is -0.406 e. The van der Waals surface area contributed by atoms with Crippen LogP contribution in [0.15, 0.2) is 72.8 Å². The zero-order chi connectivity index (χ0) is 27.6. The zero-order valence-corrected chi connectivity index (χ0v) is 21.7. The molecule has 3 aromatic carbocycles. The zero-order valence-electron chi connectivity index (χ0n) is 21.7. The number of β-amino-alcohol motifs (C(OH)–C–C–N with tert-alkyl or cyclic N) is 1. The van der Waals surface area contributed by atoms with E-state index in [1.54, 1.807) is 12.1 Å². The maximum atomic E-state index is 13.4. The molecule has 1 saturated heterocycles. The van der Waals surface area contributed by atoms with Crippen molar-refractivity contribution in [1.29, 1.82) is 0 Å². The number of nitrogens with zero attached hydrogens (tertiary/aromatic N) is 2. The molecule has 0 spiro atoms. The van der Waals surface area contributed by atoms with Crippen molar-refractivity contribution in [3.8, 4) is 5.75 Å². The van der Waals surface area contributed by atoms with Crippen LogP contribution in [-0.2, 0) is 16.6 Å². The van der Waals surface area contributed by atoms with Gasteiger partial charge in [-0.25, -0.2) is 4.39 Å². The van der Waals surface area contributed by atoms with Crippen molar-refractivity contribution in [2.45, 2.75) is 37.3 Å². The fraction of sp³-hybridized carbons (Fsp3) is 0.400. The second-order valence-corrected chi connectivity index (χ2v) is 10.3. The van der Waals surface area contributed by atoms with E-state index < -0.39 is 24.6 Å². The van der Waals surface area contributed by atoms with Crippen molar-refractivity contribution in [1.82, 2.24) is 0 Å². The Labute approximate surface area is 225 Å². The van der Waals surface area contributed by atoms with E-state index in [4.69, 9.17) is 4.74 Å². The molecule has 5 rings (SSSR count). The van der Waals surface area contributed by atoms with Gasteiger partial charge in [-0.05, 0) is 60.4 Å². The van der Waals surface area contributed by atoms with Crippen molar-refractivity contribution < 1.29 is 32.1 Å². The van der Waals surface area contributed by atoms with Crippen LogP contribution in [0.25, 0.3) is 0 Å². The second kappa shape index (κ2) is 11.1. The number of hydrogen-bond acceptors (Lipinski definition) is 5. The quantitative estimate of drug-likeness (QED) is 0.380. The first-order valence-corrected chi connectivity index (χ1v) is 13.1. The second-order valence-electron chi connectivity index (χ2n) is 10.3. The summed E-state index contributed by atoms with van der Waals surface area (Å²) in [5, 5.41) is 10.2. The molecule has 1 N–H and O–H groups in total. The molecular weight excluding hydrogens is 512 g/mol. The van der Waals surface area contributed by atoms with Gasteiger partial charge in [0.1, 0.15) is 12.4 Å². The highest BCUT2D eigenvalue weighted by molar-refractivity contribution is 5.68. The summed E-state index contributed by atoms with van der Waals surface area (Å²) in [6.45, 7) is 3.83. The van der Waals surface area contributed by atoms with Crippen LogP contribution >= 0.6 is 0 Å². The van der Waals surface area contributed by atoms with Crippen LogP contribution in [0.2, 0.25) is 0 Å². The Morgan fingerprint density at radius 3 is 2.64 bits per heavy atom. The number of ether oxygens (including phenoxy) is 2. The highest BCUT2D eigenvalue weighted by atomic mass is 19.4. The van der Waals surface area contributed by atoms with Crippen LogP contribution in [0.4, 0.5) is 28.9 Å². The number of fused-ring (bicyclic) bond motifs is 1. The molecule has 9 heteroatoms. The molecule has 5 nitrogen and oxygen atoms in total. The Morgan fingerprint density at radius 2 is 1.87 bits per heavy atom. The molecule has 208 valence electrons. The number of anilines is 2. The minimum absolute atomic E-state index is 0.0950. The molecule has 2 heterocycles. The number of hydrogen-bond donors (Lipinski definition) is 1. The molecule has 0 saturated carbocycles. The van der Waals surface area contributed by atoms with Crippen LogP contribution in [0.3, 0.4) is 0 Å². The lowest BCUT2D eigenvalue weighted by atomic mass is 9.71. The molecule has 3 atom stereocenters. The van der Waals surface area contributed by atoms with Gasteiger partial charge in [-0.3, -0.25) is 0 Å². The molecule has 2 aliphatic rings. The van der Waals surface area contributed by atoms with Gasteiger partial charge in [0.15, 0.2) is 0 Å². The summed E-state index contributed by atoms with van der Waals surface area (Å²) in [5.41, 5.74) is 3.88. The summed E-state index contributed by atoms with van der Waals surface area (Å²) < 4.78 is 62.2. The van der Waals surface area contributed by atoms with Crippen molar-refractivity contribution >= 4 is 11.4 Å². The van der Waals surface area contributed by atoms with Gasteiger partial charge < -0.3 is 24.4 Å². The predicted molar refractivity (Wildman–Crippen MR) is 142 cm³/mol. The summed E-state index contributed by atoms with van der Waals surface area (Å²) in [7, 11) is 0. The third-order valence-corrected chi connectivity index (χ3v) is 7.47. The Bertz CT molecular complexity index is 1290. The van der Waals surface area contributed by atoms with Gasteiger partial charge in [-0.2, -0.15) is 0 Å². The lowest BCUT2D eigenvalue weighted by Gasteiger charge is -2.36. The summed E-state index contributed by atoms with van der Waals surface area (Å²) in [4.78, 5) is 4.24. The van der Waals surface area contributed by atoms with E-state index in [2.05, 4.69) is 21.8 Å². The first-order valence-electron chi connectivity index (χ1n) is 13.1. The van der Waals surface area contributed by atoms with Crippen LogP contribution in [-0.4, -0.2) is 63.1 Å². The average molecular weight is 545 g/mol. The van der Waals surface area contributed by atoms with E-state index in [-0.39, 0.29) is 18.4 Å². The summed E-state index contributed by atoms with van der Waals surface area (Å²) in [5.74, 6) is -0.276. The van der Waals surface area contributed by atoms with Crippen LogP contribution < -0.4 is 14.5 Å². The Kier molecular flexibility index (Phi) is 7.73. The third-order valence-electron chi connectivity index (χ3n) is 7.47. The first-order chi connectivity index (χ1) is 18.7. The van der Waals surface area contributed by atoms with Crippen molar-refractivity contribution in [2.75, 3.05) is 49.3 Å². The molecule has 3 aromatic rings. The average Bonchev–Trinajstić information content (AvgIpc) is 3.22. The van der Waals surface area contributed by atoms with Crippen LogP contribution in [0, 0.1) is 0 Å². The topological polar surface area (TPSA) is 45.2 Å². The Balaban J connectivity index is 1.60. The SMILES string of the molecule is C[C@@H]1CN(c2cccc(C3(Cc4cccc(OC(F)(F)F)c4)CN(C[C@@H](O)CF)c4ccccc43)c2)CCO1. The van der Waals surface area contributed by atoms with Gasteiger partial charge >= 0.3 is 6.36 Å². The van der Waals surface area contributed by atoms with Gasteiger partial charge in [0.05, 0.1) is 18.8 Å². The normalized spacial score (nSPS) is 22.1. The molecule has 0 amide bonds. The van der Waals surface area contributed by atoms with E-state index in [0.29, 0.717) is 25.1 Å². The number of halogens is 4. The van der Waals surface area contributed by atoms with Gasteiger partial charge in [-0.1, -0.05) is 42.5 Å². The largest absolute Gasteiger partial charge is 0.573 e. The highest BCUT2D eigenvalue weighted by Gasteiger charge is 2.45. The molecule has 0 radical (unpaired) electrons. The Hall–Kier alpha value is -3.30. The lowest BCUT2D eigenvalue weighted by molar-refractivity contribution is -0.274. The van der Waals surface area contributed by atoms with E-state index in [1.165, 1.54) is 12.1 Å². The maximum Gasteiger partial charge on any atom is 0.573 e. The van der Waals surface area contributed by atoms with E-state index >= 15 is 0 Å². The molecular formula is C30H32F4N2O3. The third kappa shape index (κ3) is 5.99. The van der Waals surface area contributed by atoms with Crippen molar-refractivity contribution in [2.24, 2.45) is 0 Å². The number of para-hydroxylation sites is 1. The van der Waals surface area contributed by atoms with Crippen LogP contribution in [0.1, 0.15) is 23.6 Å². The summed E-state index contributed by atoms with van der Waals surface area (Å²) in [6.07, 6.45) is -5.47. The maximum absolute atomic E-state index is 13.4. The Morgan fingerprint density at radius 1 is 1.08 bits per heavy atom. The summed E-state index contributed by atoms with van der Waals surface area (Å²) in [6, 6.07) is 22.1. The molecule has 0 aromatic heterocycles. The standard InChI is InChI=1S/C30H32F4N2O3/c1-21-18-35(12-13-38-21)24-8-5-7-23(15-24)29(16-22-6-4-9-26(14-22)39-30(32,33)34)20-36(19-25(37)17-31)28-11-3-2-10-27(28)29/h2-11,14-15,21,25,37H,12-13,16-20H2,1H3/t21-,25+,29?/m1/s1.